The largest absolute Gasteiger partial charge is 0.489 e. The minimum absolute atomic E-state index is 0.189. The second-order valence-corrected chi connectivity index (χ2v) is 8.40. The fourth-order valence-electron chi connectivity index (χ4n) is 4.20. The first-order valence-corrected chi connectivity index (χ1v) is 10.6. The van der Waals surface area contributed by atoms with Crippen LogP contribution in [-0.2, 0) is 4.79 Å². The number of benzene rings is 1. The van der Waals surface area contributed by atoms with E-state index in [0.29, 0.717) is 12.3 Å². The number of hydrogen-bond donors (Lipinski definition) is 0. The molecule has 4 heteroatoms. The van der Waals surface area contributed by atoms with Crippen LogP contribution in [0.1, 0.15) is 69.0 Å². The number of carbonyl (C=O) groups is 1. The SMILES string of the molecule is CC(=O)C[C@@H](C)c1ccc(OC2CCN(c3cccc(C4CCC4)n3)C2)cc1. The van der Waals surface area contributed by atoms with Crippen molar-refractivity contribution in [1.82, 2.24) is 4.98 Å². The van der Waals surface area contributed by atoms with Crippen LogP contribution in [0, 0.1) is 0 Å². The average Bonchev–Trinajstić information content (AvgIpc) is 3.09. The van der Waals surface area contributed by atoms with Crippen LogP contribution in [0.5, 0.6) is 5.75 Å². The van der Waals surface area contributed by atoms with E-state index in [2.05, 4.69) is 42.2 Å². The van der Waals surface area contributed by atoms with Gasteiger partial charge in [-0.05, 0) is 55.5 Å². The summed E-state index contributed by atoms with van der Waals surface area (Å²) in [5, 5.41) is 0. The predicted octanol–water partition coefficient (Wildman–Crippen LogP) is 5.09. The minimum atomic E-state index is 0.189. The Kier molecular flexibility index (Phi) is 5.65. The molecule has 28 heavy (non-hydrogen) atoms. The van der Waals surface area contributed by atoms with E-state index in [-0.39, 0.29) is 17.8 Å². The number of aromatic nitrogens is 1. The van der Waals surface area contributed by atoms with Gasteiger partial charge >= 0.3 is 0 Å². The molecule has 4 rings (SSSR count). The average molecular weight is 379 g/mol. The summed E-state index contributed by atoms with van der Waals surface area (Å²) >= 11 is 0. The highest BCUT2D eigenvalue weighted by atomic mass is 16.5. The van der Waals surface area contributed by atoms with Gasteiger partial charge in [-0.3, -0.25) is 0 Å². The molecule has 1 saturated heterocycles. The third-order valence-electron chi connectivity index (χ3n) is 6.09. The highest BCUT2D eigenvalue weighted by Crippen LogP contribution is 2.36. The van der Waals surface area contributed by atoms with E-state index in [1.54, 1.807) is 6.92 Å². The molecule has 1 aromatic carbocycles. The van der Waals surface area contributed by atoms with Crippen LogP contribution in [-0.4, -0.2) is 30.0 Å². The summed E-state index contributed by atoms with van der Waals surface area (Å²) in [6.45, 7) is 5.61. The zero-order chi connectivity index (χ0) is 19.5. The summed E-state index contributed by atoms with van der Waals surface area (Å²) < 4.78 is 6.22. The molecular formula is C24H30N2O2. The highest BCUT2D eigenvalue weighted by Gasteiger charge is 2.26. The maximum atomic E-state index is 11.3. The van der Waals surface area contributed by atoms with Crippen molar-refractivity contribution < 1.29 is 9.53 Å². The number of carbonyl (C=O) groups excluding carboxylic acids is 1. The van der Waals surface area contributed by atoms with E-state index >= 15 is 0 Å². The molecule has 0 radical (unpaired) electrons. The van der Waals surface area contributed by atoms with E-state index in [1.807, 2.05) is 12.1 Å². The first-order valence-electron chi connectivity index (χ1n) is 10.6. The van der Waals surface area contributed by atoms with Crippen LogP contribution in [0.25, 0.3) is 0 Å². The Morgan fingerprint density at radius 2 is 1.96 bits per heavy atom. The van der Waals surface area contributed by atoms with Crippen molar-refractivity contribution in [2.45, 2.75) is 63.9 Å². The quantitative estimate of drug-likeness (QED) is 0.673. The van der Waals surface area contributed by atoms with Gasteiger partial charge < -0.3 is 14.4 Å². The molecule has 2 aliphatic rings. The lowest BCUT2D eigenvalue weighted by Gasteiger charge is -2.26. The molecule has 148 valence electrons. The highest BCUT2D eigenvalue weighted by molar-refractivity contribution is 5.76. The topological polar surface area (TPSA) is 42.4 Å². The van der Waals surface area contributed by atoms with Gasteiger partial charge in [-0.1, -0.05) is 31.5 Å². The zero-order valence-corrected chi connectivity index (χ0v) is 16.9. The molecule has 1 aliphatic carbocycles. The third-order valence-corrected chi connectivity index (χ3v) is 6.09. The van der Waals surface area contributed by atoms with Gasteiger partial charge in [0, 0.05) is 31.0 Å². The van der Waals surface area contributed by atoms with Crippen molar-refractivity contribution in [2.24, 2.45) is 0 Å². The number of Topliss-reactive ketones (excluding diaryl/α,β-unsaturated/α-hetero) is 1. The van der Waals surface area contributed by atoms with Crippen LogP contribution in [0.15, 0.2) is 42.5 Å². The van der Waals surface area contributed by atoms with E-state index in [1.165, 1.54) is 30.5 Å². The van der Waals surface area contributed by atoms with Crippen molar-refractivity contribution in [3.8, 4) is 5.75 Å². The van der Waals surface area contributed by atoms with Crippen molar-refractivity contribution >= 4 is 11.6 Å². The van der Waals surface area contributed by atoms with Crippen LogP contribution < -0.4 is 9.64 Å². The number of anilines is 1. The van der Waals surface area contributed by atoms with E-state index < -0.39 is 0 Å². The smallest absolute Gasteiger partial charge is 0.130 e. The van der Waals surface area contributed by atoms with Gasteiger partial charge in [0.1, 0.15) is 23.5 Å². The molecule has 0 amide bonds. The Labute approximate surface area is 167 Å². The molecule has 1 aromatic heterocycles. The number of hydrogen-bond acceptors (Lipinski definition) is 4. The molecule has 0 bridgehead atoms. The van der Waals surface area contributed by atoms with Crippen LogP contribution in [0.3, 0.4) is 0 Å². The Balaban J connectivity index is 1.34. The molecule has 2 fully saturated rings. The molecule has 2 aromatic rings. The van der Waals surface area contributed by atoms with Gasteiger partial charge in [-0.15, -0.1) is 0 Å². The summed E-state index contributed by atoms with van der Waals surface area (Å²) in [7, 11) is 0. The lowest BCUT2D eigenvalue weighted by Crippen LogP contribution is -2.25. The van der Waals surface area contributed by atoms with Crippen LogP contribution in [0.4, 0.5) is 5.82 Å². The summed E-state index contributed by atoms with van der Waals surface area (Å²) in [5.41, 5.74) is 2.44. The summed E-state index contributed by atoms with van der Waals surface area (Å²) in [6.07, 6.45) is 5.69. The molecule has 0 spiro atoms. The maximum absolute atomic E-state index is 11.3. The Hall–Kier alpha value is -2.36. The fraction of sp³-hybridized carbons (Fsp3) is 0.500. The minimum Gasteiger partial charge on any atom is -0.489 e. The van der Waals surface area contributed by atoms with Gasteiger partial charge in [0.25, 0.3) is 0 Å². The van der Waals surface area contributed by atoms with E-state index in [0.717, 1.165) is 31.1 Å². The number of ketones is 1. The fourth-order valence-corrected chi connectivity index (χ4v) is 4.20. The third kappa shape index (κ3) is 4.37. The molecule has 0 N–H and O–H groups in total. The number of rotatable bonds is 7. The second kappa shape index (κ2) is 8.34. The van der Waals surface area contributed by atoms with Gasteiger partial charge in [0.2, 0.25) is 0 Å². The van der Waals surface area contributed by atoms with Gasteiger partial charge in [-0.2, -0.15) is 0 Å². The number of pyridine rings is 1. The Morgan fingerprint density at radius 1 is 1.18 bits per heavy atom. The maximum Gasteiger partial charge on any atom is 0.130 e. The van der Waals surface area contributed by atoms with E-state index in [4.69, 9.17) is 9.72 Å². The molecule has 4 nitrogen and oxygen atoms in total. The molecule has 1 unspecified atom stereocenters. The monoisotopic (exact) mass is 378 g/mol. The molecule has 2 atom stereocenters. The lowest BCUT2D eigenvalue weighted by molar-refractivity contribution is -0.117. The summed E-state index contributed by atoms with van der Waals surface area (Å²) in [6, 6.07) is 14.7. The van der Waals surface area contributed by atoms with Crippen molar-refractivity contribution in [3.63, 3.8) is 0 Å². The normalized spacial score (nSPS) is 20.6. The summed E-state index contributed by atoms with van der Waals surface area (Å²) in [5.74, 6) is 3.14. The predicted molar refractivity (Wildman–Crippen MR) is 112 cm³/mol. The van der Waals surface area contributed by atoms with Crippen LogP contribution >= 0.6 is 0 Å². The van der Waals surface area contributed by atoms with Gasteiger partial charge in [0.05, 0.1) is 6.54 Å². The van der Waals surface area contributed by atoms with Crippen molar-refractivity contribution in [2.75, 3.05) is 18.0 Å². The molecule has 1 aliphatic heterocycles. The molecule has 2 heterocycles. The molecule has 1 saturated carbocycles. The lowest BCUT2D eigenvalue weighted by atomic mass is 9.83. The zero-order valence-electron chi connectivity index (χ0n) is 16.9. The second-order valence-electron chi connectivity index (χ2n) is 8.40. The van der Waals surface area contributed by atoms with Gasteiger partial charge in [-0.25, -0.2) is 4.98 Å². The van der Waals surface area contributed by atoms with Crippen molar-refractivity contribution in [1.29, 1.82) is 0 Å². The Bertz CT molecular complexity index is 814. The first-order chi connectivity index (χ1) is 13.6. The van der Waals surface area contributed by atoms with Crippen molar-refractivity contribution in [3.05, 3.63) is 53.7 Å². The number of nitrogens with zero attached hydrogens (tertiary/aromatic N) is 2. The summed E-state index contributed by atoms with van der Waals surface area (Å²) in [4.78, 5) is 18.6. The standard InChI is InChI=1S/C24H30N2O2/c1-17(15-18(2)27)19-9-11-21(12-10-19)28-22-13-14-26(16-22)24-8-4-7-23(25-24)20-5-3-6-20/h4,7-12,17,20,22H,3,5-6,13-16H2,1-2H3/t17-,22?/m1/s1. The first kappa shape index (κ1) is 19.0. The Morgan fingerprint density at radius 3 is 2.64 bits per heavy atom. The molecular weight excluding hydrogens is 348 g/mol. The number of ether oxygens (including phenoxy) is 1. The van der Waals surface area contributed by atoms with Crippen LogP contribution in [0.2, 0.25) is 0 Å². The van der Waals surface area contributed by atoms with E-state index in [9.17, 15) is 4.79 Å². The van der Waals surface area contributed by atoms with Gasteiger partial charge in [0.15, 0.2) is 0 Å².